The minimum Gasteiger partial charge on any atom is -0.481 e. The molecule has 0 aromatic rings. The minimum absolute atomic E-state index is 0.0000824. The molecule has 0 aromatic carbocycles. The minimum atomic E-state index is -1.42. The van der Waals surface area contributed by atoms with E-state index in [1.165, 1.54) is 0 Å². The number of carboxylic acids is 2. The molecule has 0 saturated heterocycles. The molecule has 0 bridgehead atoms. The molecule has 0 aliphatic heterocycles. The molecule has 6 heteroatoms. The van der Waals surface area contributed by atoms with E-state index >= 15 is 0 Å². The van der Waals surface area contributed by atoms with Crippen molar-refractivity contribution in [3.63, 3.8) is 0 Å². The van der Waals surface area contributed by atoms with Crippen molar-refractivity contribution >= 4 is 11.9 Å². The number of rotatable bonds is 11. The van der Waals surface area contributed by atoms with Gasteiger partial charge in [-0.1, -0.05) is 19.9 Å². The molecule has 20 heavy (non-hydrogen) atoms. The second-order valence-corrected chi connectivity index (χ2v) is 5.15. The van der Waals surface area contributed by atoms with E-state index in [-0.39, 0.29) is 30.6 Å². The maximum atomic E-state index is 12.8. The lowest BCUT2D eigenvalue weighted by molar-refractivity contribution is -0.155. The molecule has 2 unspecified atom stereocenters. The first kappa shape index (κ1) is 18.6. The Labute approximate surface area is 118 Å². The lowest BCUT2D eigenvalue weighted by Crippen LogP contribution is -2.36. The van der Waals surface area contributed by atoms with Crippen LogP contribution in [-0.4, -0.2) is 34.7 Å². The predicted octanol–water partition coefficient (Wildman–Crippen LogP) is 2.43. The molecular formula is C14H24FNO4. The van der Waals surface area contributed by atoms with Gasteiger partial charge in [0.05, 0.1) is 5.83 Å². The van der Waals surface area contributed by atoms with Crippen molar-refractivity contribution in [3.05, 3.63) is 12.4 Å². The molecule has 0 radical (unpaired) electrons. The molecule has 2 atom stereocenters. The summed E-state index contributed by atoms with van der Waals surface area (Å²) in [5, 5.41) is 20.7. The van der Waals surface area contributed by atoms with Gasteiger partial charge in [-0.25, -0.2) is 4.39 Å². The Morgan fingerprint density at radius 1 is 1.30 bits per heavy atom. The number of allylic oxidation sites excluding steroid dienone is 1. The molecule has 0 fully saturated rings. The average molecular weight is 289 g/mol. The van der Waals surface area contributed by atoms with Gasteiger partial charge >= 0.3 is 11.9 Å². The number of carboxylic acid groups (broad SMARTS) is 2. The first-order chi connectivity index (χ1) is 9.27. The highest BCUT2D eigenvalue weighted by molar-refractivity contribution is 5.92. The Kier molecular flexibility index (Phi) is 8.79. The number of nitrogens with one attached hydrogen (secondary N) is 1. The van der Waals surface area contributed by atoms with Gasteiger partial charge in [-0.05, 0) is 32.2 Å². The third kappa shape index (κ3) is 7.89. The van der Waals surface area contributed by atoms with Crippen LogP contribution in [0.4, 0.5) is 4.39 Å². The van der Waals surface area contributed by atoms with Crippen molar-refractivity contribution in [1.29, 1.82) is 0 Å². The Balaban J connectivity index is 4.29. The molecule has 0 spiro atoms. The third-order valence-electron chi connectivity index (χ3n) is 3.15. The highest BCUT2D eigenvalue weighted by Gasteiger charge is 2.27. The van der Waals surface area contributed by atoms with Gasteiger partial charge < -0.3 is 15.5 Å². The van der Waals surface area contributed by atoms with E-state index in [2.05, 4.69) is 11.9 Å². The van der Waals surface area contributed by atoms with E-state index < -0.39 is 17.9 Å². The van der Waals surface area contributed by atoms with Crippen LogP contribution in [0.1, 0.15) is 39.5 Å². The van der Waals surface area contributed by atoms with E-state index in [0.717, 1.165) is 12.8 Å². The van der Waals surface area contributed by atoms with Gasteiger partial charge in [-0.2, -0.15) is 0 Å². The SMILES string of the molecule is C=C(F)CC(CCC)CNC(C)CC(C(=O)O)C(=O)O. The van der Waals surface area contributed by atoms with Gasteiger partial charge in [-0.15, -0.1) is 0 Å². The Bertz CT molecular complexity index is 332. The van der Waals surface area contributed by atoms with E-state index in [1.54, 1.807) is 6.92 Å². The Morgan fingerprint density at radius 3 is 2.25 bits per heavy atom. The van der Waals surface area contributed by atoms with Crippen LogP contribution in [0.2, 0.25) is 0 Å². The van der Waals surface area contributed by atoms with Crippen LogP contribution in [0.15, 0.2) is 12.4 Å². The molecule has 3 N–H and O–H groups in total. The molecule has 0 rings (SSSR count). The Morgan fingerprint density at radius 2 is 1.85 bits per heavy atom. The fraction of sp³-hybridized carbons (Fsp3) is 0.714. The summed E-state index contributed by atoms with van der Waals surface area (Å²) in [6.07, 6.45) is 2.03. The quantitative estimate of drug-likeness (QED) is 0.509. The van der Waals surface area contributed by atoms with Gasteiger partial charge in [0, 0.05) is 12.5 Å². The monoisotopic (exact) mass is 289 g/mol. The van der Waals surface area contributed by atoms with Crippen molar-refractivity contribution in [2.75, 3.05) is 6.54 Å². The highest BCUT2D eigenvalue weighted by Crippen LogP contribution is 2.17. The van der Waals surface area contributed by atoms with Crippen molar-refractivity contribution in [1.82, 2.24) is 5.32 Å². The highest BCUT2D eigenvalue weighted by atomic mass is 19.1. The molecule has 0 aromatic heterocycles. The summed E-state index contributed by atoms with van der Waals surface area (Å²) in [5.74, 6) is -4.38. The number of hydrogen-bond donors (Lipinski definition) is 3. The van der Waals surface area contributed by atoms with Crippen LogP contribution in [0.25, 0.3) is 0 Å². The Hall–Kier alpha value is -1.43. The molecule has 116 valence electrons. The topological polar surface area (TPSA) is 86.6 Å². The molecular weight excluding hydrogens is 265 g/mol. The molecule has 0 aliphatic rings. The largest absolute Gasteiger partial charge is 0.481 e. The fourth-order valence-corrected chi connectivity index (χ4v) is 2.11. The molecule has 0 heterocycles. The summed E-state index contributed by atoms with van der Waals surface area (Å²) in [6.45, 7) is 7.50. The maximum absolute atomic E-state index is 12.8. The van der Waals surface area contributed by atoms with Gasteiger partial charge in [0.2, 0.25) is 0 Å². The standard InChI is InChI=1S/C14H24FNO4/c1-4-5-11(6-9(2)15)8-16-10(3)7-12(13(17)18)14(19)20/h10-12,16H,2,4-8H2,1,3H3,(H,17,18)(H,19,20). The van der Waals surface area contributed by atoms with Crippen molar-refractivity contribution in [3.8, 4) is 0 Å². The fourth-order valence-electron chi connectivity index (χ4n) is 2.11. The average Bonchev–Trinajstić information content (AvgIpc) is 2.31. The second kappa shape index (κ2) is 9.47. The summed E-state index contributed by atoms with van der Waals surface area (Å²) >= 11 is 0. The summed E-state index contributed by atoms with van der Waals surface area (Å²) in [7, 11) is 0. The second-order valence-electron chi connectivity index (χ2n) is 5.15. The summed E-state index contributed by atoms with van der Waals surface area (Å²) in [6, 6.07) is -0.264. The van der Waals surface area contributed by atoms with Crippen LogP contribution in [0.3, 0.4) is 0 Å². The van der Waals surface area contributed by atoms with Gasteiger partial charge in [0.25, 0.3) is 0 Å². The molecule has 5 nitrogen and oxygen atoms in total. The molecule has 0 saturated carbocycles. The van der Waals surface area contributed by atoms with E-state index in [4.69, 9.17) is 10.2 Å². The number of halogens is 1. The lowest BCUT2D eigenvalue weighted by Gasteiger charge is -2.21. The molecule has 0 amide bonds. The summed E-state index contributed by atoms with van der Waals surface area (Å²) in [4.78, 5) is 21.6. The van der Waals surface area contributed by atoms with Crippen LogP contribution in [-0.2, 0) is 9.59 Å². The van der Waals surface area contributed by atoms with Crippen LogP contribution >= 0.6 is 0 Å². The third-order valence-corrected chi connectivity index (χ3v) is 3.15. The number of carbonyl (C=O) groups is 2. The summed E-state index contributed by atoms with van der Waals surface area (Å²) < 4.78 is 12.8. The van der Waals surface area contributed by atoms with Crippen LogP contribution < -0.4 is 5.32 Å². The van der Waals surface area contributed by atoms with Gasteiger partial charge in [-0.3, -0.25) is 9.59 Å². The smallest absolute Gasteiger partial charge is 0.317 e. The van der Waals surface area contributed by atoms with Gasteiger partial charge in [0.15, 0.2) is 5.92 Å². The van der Waals surface area contributed by atoms with Crippen LogP contribution in [0.5, 0.6) is 0 Å². The van der Waals surface area contributed by atoms with Crippen molar-refractivity contribution in [2.45, 2.75) is 45.6 Å². The van der Waals surface area contributed by atoms with Crippen molar-refractivity contribution < 1.29 is 24.2 Å². The van der Waals surface area contributed by atoms with Crippen molar-refractivity contribution in [2.24, 2.45) is 11.8 Å². The zero-order chi connectivity index (χ0) is 15.7. The maximum Gasteiger partial charge on any atom is 0.317 e. The number of aliphatic carboxylic acids is 2. The summed E-state index contributed by atoms with van der Waals surface area (Å²) in [5.41, 5.74) is 0. The van der Waals surface area contributed by atoms with Gasteiger partial charge in [0.1, 0.15) is 0 Å². The zero-order valence-corrected chi connectivity index (χ0v) is 12.1. The lowest BCUT2D eigenvalue weighted by atomic mass is 9.97. The first-order valence-electron chi connectivity index (χ1n) is 6.80. The molecule has 0 aliphatic carbocycles. The van der Waals surface area contributed by atoms with E-state index in [9.17, 15) is 14.0 Å². The first-order valence-corrected chi connectivity index (χ1v) is 6.80. The van der Waals surface area contributed by atoms with E-state index in [1.807, 2.05) is 6.92 Å². The number of hydrogen-bond acceptors (Lipinski definition) is 3. The zero-order valence-electron chi connectivity index (χ0n) is 12.1. The van der Waals surface area contributed by atoms with Crippen LogP contribution in [0, 0.1) is 11.8 Å². The normalized spacial score (nSPS) is 14.0. The van der Waals surface area contributed by atoms with E-state index in [0.29, 0.717) is 6.54 Å². The predicted molar refractivity (Wildman–Crippen MR) is 74.1 cm³/mol.